The largest absolute Gasteiger partial charge is 0.479 e. The van der Waals surface area contributed by atoms with Gasteiger partial charge in [0.2, 0.25) is 5.91 Å². The van der Waals surface area contributed by atoms with Gasteiger partial charge in [0.1, 0.15) is 11.4 Å². The first-order chi connectivity index (χ1) is 12.9. The number of aromatic nitrogens is 2. The first-order valence-electron chi connectivity index (χ1n) is 9.42. The van der Waals surface area contributed by atoms with E-state index in [0.29, 0.717) is 42.4 Å². The summed E-state index contributed by atoms with van der Waals surface area (Å²) < 4.78 is 0. The number of benzene rings is 1. The van der Waals surface area contributed by atoms with Gasteiger partial charge in [0.15, 0.2) is 0 Å². The Morgan fingerprint density at radius 2 is 1.93 bits per heavy atom. The van der Waals surface area contributed by atoms with Crippen molar-refractivity contribution in [1.29, 1.82) is 0 Å². The van der Waals surface area contributed by atoms with Crippen molar-refractivity contribution in [3.8, 4) is 0 Å². The quantitative estimate of drug-likeness (QED) is 0.812. The van der Waals surface area contributed by atoms with Crippen molar-refractivity contribution in [3.05, 3.63) is 40.4 Å². The molecule has 0 saturated heterocycles. The van der Waals surface area contributed by atoms with E-state index in [1.807, 2.05) is 6.07 Å². The summed E-state index contributed by atoms with van der Waals surface area (Å²) in [7, 11) is 1.60. The van der Waals surface area contributed by atoms with Crippen LogP contribution in [0.3, 0.4) is 0 Å². The van der Waals surface area contributed by atoms with Crippen molar-refractivity contribution in [2.75, 3.05) is 7.05 Å². The van der Waals surface area contributed by atoms with E-state index in [-0.39, 0.29) is 17.9 Å². The molecule has 0 spiro atoms. The molecular weight excluding hydrogens is 346 g/mol. The molecule has 1 aromatic heterocycles. The highest BCUT2D eigenvalue weighted by molar-refractivity contribution is 5.87. The summed E-state index contributed by atoms with van der Waals surface area (Å²) in [5.41, 5.74) is -0.636. The topological polar surface area (TPSA) is 103 Å². The molecule has 0 radical (unpaired) electrons. The molecule has 3 rings (SSSR count). The van der Waals surface area contributed by atoms with Gasteiger partial charge in [0, 0.05) is 19.9 Å². The van der Waals surface area contributed by atoms with Gasteiger partial charge in [0.05, 0.1) is 10.9 Å². The van der Waals surface area contributed by atoms with Crippen LogP contribution in [0.4, 0.5) is 0 Å². The van der Waals surface area contributed by atoms with Crippen LogP contribution in [0.2, 0.25) is 0 Å². The molecule has 0 bridgehead atoms. The van der Waals surface area contributed by atoms with Crippen molar-refractivity contribution in [2.24, 2.45) is 0 Å². The number of nitrogens with one attached hydrogen (secondary N) is 1. The van der Waals surface area contributed by atoms with E-state index in [2.05, 4.69) is 9.97 Å². The molecule has 27 heavy (non-hydrogen) atoms. The number of H-pyrrole nitrogens is 1. The van der Waals surface area contributed by atoms with Crippen LogP contribution >= 0.6 is 0 Å². The molecule has 1 fully saturated rings. The Labute approximate surface area is 157 Å². The first-order valence-corrected chi connectivity index (χ1v) is 9.42. The van der Waals surface area contributed by atoms with Gasteiger partial charge < -0.3 is 15.0 Å². The van der Waals surface area contributed by atoms with E-state index in [1.165, 1.54) is 4.90 Å². The van der Waals surface area contributed by atoms with E-state index >= 15 is 0 Å². The van der Waals surface area contributed by atoms with Gasteiger partial charge in [-0.25, -0.2) is 9.78 Å². The summed E-state index contributed by atoms with van der Waals surface area (Å²) in [6.45, 7) is 0. The normalized spacial score (nSPS) is 16.2. The number of carboxylic acids is 1. The second-order valence-corrected chi connectivity index (χ2v) is 7.23. The maximum atomic E-state index is 12.6. The average molecular weight is 371 g/mol. The molecule has 0 aliphatic heterocycles. The minimum atomic E-state index is -1.08. The lowest BCUT2D eigenvalue weighted by atomic mass is 9.80. The number of carboxylic acid groups (broad SMARTS) is 1. The van der Waals surface area contributed by atoms with E-state index in [9.17, 15) is 19.5 Å². The summed E-state index contributed by atoms with van der Waals surface area (Å²) in [6, 6.07) is 7.12. The van der Waals surface area contributed by atoms with Crippen molar-refractivity contribution < 1.29 is 14.7 Å². The van der Waals surface area contributed by atoms with E-state index < -0.39 is 11.5 Å². The fourth-order valence-electron chi connectivity index (χ4n) is 3.90. The zero-order chi connectivity index (χ0) is 19.4. The number of para-hydroxylation sites is 1. The van der Waals surface area contributed by atoms with Gasteiger partial charge in [-0.15, -0.1) is 0 Å². The summed E-state index contributed by atoms with van der Waals surface area (Å²) >= 11 is 0. The highest BCUT2D eigenvalue weighted by Crippen LogP contribution is 2.33. The summed E-state index contributed by atoms with van der Waals surface area (Å²) in [4.78, 5) is 45.1. The van der Waals surface area contributed by atoms with Gasteiger partial charge in [-0.3, -0.25) is 9.59 Å². The van der Waals surface area contributed by atoms with E-state index in [4.69, 9.17) is 0 Å². The van der Waals surface area contributed by atoms with Crippen LogP contribution < -0.4 is 5.56 Å². The lowest BCUT2D eigenvalue weighted by molar-refractivity contribution is -0.160. The molecule has 1 aliphatic rings. The molecule has 0 atom stereocenters. The van der Waals surface area contributed by atoms with Crippen LogP contribution in [-0.4, -0.2) is 44.4 Å². The maximum Gasteiger partial charge on any atom is 0.329 e. The van der Waals surface area contributed by atoms with Crippen molar-refractivity contribution in [1.82, 2.24) is 14.9 Å². The standard InChI is InChI=1S/C20H25N3O4/c1-23(20(19(26)27)12-5-2-6-13-20)17(24)11-7-10-16-21-15-9-4-3-8-14(15)18(25)22-16/h3-4,8-9H,2,5-7,10-13H2,1H3,(H,26,27)(H,21,22,25). The number of carbonyl (C=O) groups excluding carboxylic acids is 1. The molecule has 2 aromatic rings. The molecule has 1 aliphatic carbocycles. The van der Waals surface area contributed by atoms with Gasteiger partial charge in [-0.05, 0) is 31.4 Å². The Bertz CT molecular complexity index is 899. The molecule has 1 heterocycles. The number of likely N-dealkylation sites (N-methyl/N-ethyl adjacent to an activating group) is 1. The van der Waals surface area contributed by atoms with Crippen LogP contribution in [0.25, 0.3) is 10.9 Å². The predicted molar refractivity (Wildman–Crippen MR) is 102 cm³/mol. The Hall–Kier alpha value is -2.70. The Kier molecular flexibility index (Phi) is 5.58. The van der Waals surface area contributed by atoms with Crippen molar-refractivity contribution in [2.45, 2.75) is 56.9 Å². The van der Waals surface area contributed by atoms with E-state index in [0.717, 1.165) is 19.3 Å². The number of nitrogens with zero attached hydrogens (tertiary/aromatic N) is 2. The number of amides is 1. The Morgan fingerprint density at radius 3 is 2.63 bits per heavy atom. The monoisotopic (exact) mass is 371 g/mol. The molecule has 7 heteroatoms. The lowest BCUT2D eigenvalue weighted by Crippen LogP contribution is -2.56. The minimum Gasteiger partial charge on any atom is -0.479 e. The van der Waals surface area contributed by atoms with Crippen LogP contribution in [-0.2, 0) is 16.0 Å². The third-order valence-corrected chi connectivity index (χ3v) is 5.56. The highest BCUT2D eigenvalue weighted by atomic mass is 16.4. The zero-order valence-corrected chi connectivity index (χ0v) is 15.5. The Balaban J connectivity index is 1.64. The minimum absolute atomic E-state index is 0.178. The second-order valence-electron chi connectivity index (χ2n) is 7.23. The number of aryl methyl sites for hydroxylation is 1. The lowest BCUT2D eigenvalue weighted by Gasteiger charge is -2.41. The Morgan fingerprint density at radius 1 is 1.22 bits per heavy atom. The number of rotatable bonds is 6. The maximum absolute atomic E-state index is 12.6. The van der Waals surface area contributed by atoms with E-state index in [1.54, 1.807) is 25.2 Å². The number of fused-ring (bicyclic) bond motifs is 1. The second kappa shape index (κ2) is 7.90. The smallest absolute Gasteiger partial charge is 0.329 e. The fraction of sp³-hybridized carbons (Fsp3) is 0.500. The zero-order valence-electron chi connectivity index (χ0n) is 15.5. The van der Waals surface area contributed by atoms with Gasteiger partial charge >= 0.3 is 5.97 Å². The number of aromatic amines is 1. The number of carbonyl (C=O) groups is 2. The molecule has 7 nitrogen and oxygen atoms in total. The third kappa shape index (κ3) is 3.86. The number of hydrogen-bond acceptors (Lipinski definition) is 4. The number of hydrogen-bond donors (Lipinski definition) is 2. The molecule has 1 amide bonds. The first kappa shape index (κ1) is 19.1. The summed E-state index contributed by atoms with van der Waals surface area (Å²) in [6.07, 6.45) is 4.85. The van der Waals surface area contributed by atoms with Crippen molar-refractivity contribution in [3.63, 3.8) is 0 Å². The van der Waals surface area contributed by atoms with Crippen molar-refractivity contribution >= 4 is 22.8 Å². The molecule has 1 saturated carbocycles. The van der Waals surface area contributed by atoms with Gasteiger partial charge in [-0.2, -0.15) is 0 Å². The number of aliphatic carboxylic acids is 1. The fourth-order valence-corrected chi connectivity index (χ4v) is 3.90. The molecular formula is C20H25N3O4. The van der Waals surface area contributed by atoms with Gasteiger partial charge in [0.25, 0.3) is 5.56 Å². The molecule has 0 unspecified atom stereocenters. The molecule has 144 valence electrons. The third-order valence-electron chi connectivity index (χ3n) is 5.56. The van der Waals surface area contributed by atoms with Gasteiger partial charge in [-0.1, -0.05) is 31.4 Å². The van der Waals surface area contributed by atoms with Crippen LogP contribution in [0, 0.1) is 0 Å². The van der Waals surface area contributed by atoms with Crippen LogP contribution in [0.5, 0.6) is 0 Å². The van der Waals surface area contributed by atoms with Crippen LogP contribution in [0.1, 0.15) is 50.8 Å². The molecule has 1 aromatic carbocycles. The average Bonchev–Trinajstić information content (AvgIpc) is 2.67. The highest BCUT2D eigenvalue weighted by Gasteiger charge is 2.45. The summed E-state index contributed by atoms with van der Waals surface area (Å²) in [5, 5.41) is 10.2. The predicted octanol–water partition coefficient (Wildman–Crippen LogP) is 2.49. The molecule has 2 N–H and O–H groups in total. The van der Waals surface area contributed by atoms with Crippen LogP contribution in [0.15, 0.2) is 29.1 Å². The SMILES string of the molecule is CN(C(=O)CCCc1nc2ccccc2c(=O)[nH]1)C1(C(=O)O)CCCCC1. The summed E-state index contributed by atoms with van der Waals surface area (Å²) in [5.74, 6) is -0.555.